The van der Waals surface area contributed by atoms with Gasteiger partial charge in [-0.3, -0.25) is 9.48 Å². The fraction of sp³-hybridized carbons (Fsp3) is 0.188. The van der Waals surface area contributed by atoms with Gasteiger partial charge in [-0.25, -0.2) is 4.98 Å². The Morgan fingerprint density at radius 2 is 1.90 bits per heavy atom. The largest absolute Gasteiger partial charge is 0.321 e. The average Bonchev–Trinajstić information content (AvgIpc) is 2.74. The van der Waals surface area contributed by atoms with Crippen LogP contribution in [0.4, 0.5) is 5.69 Å². The van der Waals surface area contributed by atoms with Gasteiger partial charge in [0.25, 0.3) is 5.91 Å². The number of aromatic nitrogens is 3. The molecule has 0 bridgehead atoms. The number of nitrogens with one attached hydrogen (secondary N) is 1. The van der Waals surface area contributed by atoms with Gasteiger partial charge in [0.1, 0.15) is 0 Å². The van der Waals surface area contributed by atoms with Crippen molar-refractivity contribution < 1.29 is 4.79 Å². The number of rotatable bonds is 2. The second-order valence-corrected chi connectivity index (χ2v) is 5.12. The van der Waals surface area contributed by atoms with Crippen LogP contribution >= 0.6 is 0 Å². The summed E-state index contributed by atoms with van der Waals surface area (Å²) in [6.45, 7) is 3.92. The van der Waals surface area contributed by atoms with E-state index in [4.69, 9.17) is 0 Å². The molecule has 2 aromatic heterocycles. The summed E-state index contributed by atoms with van der Waals surface area (Å²) >= 11 is 0. The molecular weight excluding hydrogens is 264 g/mol. The van der Waals surface area contributed by atoms with Crippen molar-refractivity contribution in [2.45, 2.75) is 13.8 Å². The smallest absolute Gasteiger partial charge is 0.255 e. The van der Waals surface area contributed by atoms with Gasteiger partial charge in [-0.05, 0) is 32.0 Å². The number of nitrogens with zero attached hydrogens (tertiary/aromatic N) is 3. The Bertz CT molecular complexity index is 818. The summed E-state index contributed by atoms with van der Waals surface area (Å²) in [7, 11) is 1.85. The molecular formula is C16H16N4O. The molecule has 21 heavy (non-hydrogen) atoms. The zero-order valence-electron chi connectivity index (χ0n) is 12.2. The first-order valence-corrected chi connectivity index (χ1v) is 6.72. The van der Waals surface area contributed by atoms with Crippen LogP contribution in [0.5, 0.6) is 0 Å². The quantitative estimate of drug-likeness (QED) is 0.785. The highest BCUT2D eigenvalue weighted by molar-refractivity contribution is 6.04. The van der Waals surface area contributed by atoms with Gasteiger partial charge in [0.15, 0.2) is 5.65 Å². The summed E-state index contributed by atoms with van der Waals surface area (Å²) in [5.74, 6) is -0.141. The van der Waals surface area contributed by atoms with Crippen molar-refractivity contribution in [3.63, 3.8) is 0 Å². The van der Waals surface area contributed by atoms with Crippen molar-refractivity contribution in [3.8, 4) is 0 Å². The summed E-state index contributed by atoms with van der Waals surface area (Å²) in [5.41, 5.74) is 4.13. The molecule has 0 saturated heterocycles. The summed E-state index contributed by atoms with van der Waals surface area (Å²) in [6.07, 6.45) is 1.65. The average molecular weight is 280 g/mol. The minimum Gasteiger partial charge on any atom is -0.321 e. The van der Waals surface area contributed by atoms with Crippen molar-refractivity contribution in [1.29, 1.82) is 0 Å². The third kappa shape index (κ3) is 2.50. The Hall–Kier alpha value is -2.69. The molecule has 3 aromatic rings. The Morgan fingerprint density at radius 1 is 1.19 bits per heavy atom. The summed E-state index contributed by atoms with van der Waals surface area (Å²) in [4.78, 5) is 16.5. The maximum Gasteiger partial charge on any atom is 0.255 e. The highest BCUT2D eigenvalue weighted by Gasteiger charge is 2.10. The van der Waals surface area contributed by atoms with Crippen molar-refractivity contribution >= 4 is 22.6 Å². The molecule has 0 unspecified atom stereocenters. The van der Waals surface area contributed by atoms with Crippen molar-refractivity contribution in [3.05, 3.63) is 53.3 Å². The van der Waals surface area contributed by atoms with Gasteiger partial charge < -0.3 is 5.32 Å². The van der Waals surface area contributed by atoms with E-state index in [0.717, 1.165) is 22.3 Å². The summed E-state index contributed by atoms with van der Waals surface area (Å²) in [5, 5.41) is 8.13. The molecule has 1 aromatic carbocycles. The van der Waals surface area contributed by atoms with E-state index in [1.165, 1.54) is 0 Å². The second kappa shape index (κ2) is 5.01. The number of aryl methyl sites for hydroxylation is 3. The number of fused-ring (bicyclic) bond motifs is 1. The van der Waals surface area contributed by atoms with E-state index in [-0.39, 0.29) is 5.91 Å². The molecule has 5 nitrogen and oxygen atoms in total. The van der Waals surface area contributed by atoms with E-state index < -0.39 is 0 Å². The van der Waals surface area contributed by atoms with Gasteiger partial charge >= 0.3 is 0 Å². The van der Waals surface area contributed by atoms with Gasteiger partial charge in [0.05, 0.1) is 17.6 Å². The molecule has 0 aliphatic carbocycles. The van der Waals surface area contributed by atoms with Crippen LogP contribution in [0, 0.1) is 13.8 Å². The lowest BCUT2D eigenvalue weighted by Crippen LogP contribution is -2.12. The molecule has 2 heterocycles. The number of benzene rings is 1. The first-order chi connectivity index (χ1) is 10.0. The van der Waals surface area contributed by atoms with Gasteiger partial charge in [0.2, 0.25) is 0 Å². The zero-order chi connectivity index (χ0) is 15.0. The molecule has 0 atom stereocenters. The van der Waals surface area contributed by atoms with E-state index in [2.05, 4.69) is 15.4 Å². The lowest BCUT2D eigenvalue weighted by Gasteiger charge is -2.05. The Morgan fingerprint density at radius 3 is 2.62 bits per heavy atom. The minimum absolute atomic E-state index is 0.141. The van der Waals surface area contributed by atoms with E-state index in [0.29, 0.717) is 11.3 Å². The molecule has 0 radical (unpaired) electrons. The number of carbonyl (C=O) groups excluding carboxylic acids is 1. The normalized spacial score (nSPS) is 10.8. The zero-order valence-corrected chi connectivity index (χ0v) is 12.2. The molecule has 5 heteroatoms. The Balaban J connectivity index is 1.89. The molecule has 0 saturated carbocycles. The maximum absolute atomic E-state index is 12.2. The number of amides is 1. The topological polar surface area (TPSA) is 59.8 Å². The standard InChI is InChI=1S/C16H16N4O/c1-10-4-6-12(7-5-10)16(21)18-13-8-14-11(2)19-20(3)15(14)17-9-13/h4-9H,1-3H3,(H,18,21). The molecule has 0 fully saturated rings. The molecule has 0 spiro atoms. The van der Waals surface area contributed by atoms with Crippen LogP contribution in [0.25, 0.3) is 11.0 Å². The molecule has 0 aliphatic rings. The van der Waals surface area contributed by atoms with Crippen molar-refractivity contribution in [2.24, 2.45) is 7.05 Å². The van der Waals surface area contributed by atoms with Crippen LogP contribution in [0.3, 0.4) is 0 Å². The monoisotopic (exact) mass is 280 g/mol. The predicted octanol–water partition coefficient (Wildman–Crippen LogP) is 2.84. The van der Waals surface area contributed by atoms with Crippen molar-refractivity contribution in [1.82, 2.24) is 14.8 Å². The van der Waals surface area contributed by atoms with Gasteiger partial charge in [-0.15, -0.1) is 0 Å². The molecule has 106 valence electrons. The van der Waals surface area contributed by atoms with Gasteiger partial charge in [-0.2, -0.15) is 5.10 Å². The number of hydrogen-bond donors (Lipinski definition) is 1. The number of pyridine rings is 1. The lowest BCUT2D eigenvalue weighted by atomic mass is 10.1. The van der Waals surface area contributed by atoms with E-state index in [1.54, 1.807) is 10.9 Å². The minimum atomic E-state index is -0.141. The first kappa shape index (κ1) is 13.3. The number of hydrogen-bond acceptors (Lipinski definition) is 3. The van der Waals surface area contributed by atoms with Gasteiger partial charge in [0, 0.05) is 18.0 Å². The second-order valence-electron chi connectivity index (χ2n) is 5.12. The third-order valence-corrected chi connectivity index (χ3v) is 3.43. The lowest BCUT2D eigenvalue weighted by molar-refractivity contribution is 0.102. The fourth-order valence-electron chi connectivity index (χ4n) is 2.28. The Kier molecular flexibility index (Phi) is 3.17. The Labute approximate surface area is 122 Å². The SMILES string of the molecule is Cc1ccc(C(=O)Nc2cnc3c(c2)c(C)nn3C)cc1. The molecule has 0 aliphatic heterocycles. The summed E-state index contributed by atoms with van der Waals surface area (Å²) < 4.78 is 1.73. The van der Waals surface area contributed by atoms with E-state index >= 15 is 0 Å². The predicted molar refractivity (Wildman–Crippen MR) is 82.4 cm³/mol. The third-order valence-electron chi connectivity index (χ3n) is 3.43. The maximum atomic E-state index is 12.2. The van der Waals surface area contributed by atoms with Crippen LogP contribution in [0.15, 0.2) is 36.5 Å². The van der Waals surface area contributed by atoms with Crippen LogP contribution in [-0.2, 0) is 7.05 Å². The van der Waals surface area contributed by atoms with Crippen LogP contribution in [0.2, 0.25) is 0 Å². The van der Waals surface area contributed by atoms with Crippen molar-refractivity contribution in [2.75, 3.05) is 5.32 Å². The van der Waals surface area contributed by atoms with Crippen LogP contribution < -0.4 is 5.32 Å². The fourth-order valence-corrected chi connectivity index (χ4v) is 2.28. The van der Waals surface area contributed by atoms with Crippen LogP contribution in [0.1, 0.15) is 21.6 Å². The highest BCUT2D eigenvalue weighted by Crippen LogP contribution is 2.19. The first-order valence-electron chi connectivity index (χ1n) is 6.72. The van der Waals surface area contributed by atoms with E-state index in [9.17, 15) is 4.79 Å². The molecule has 1 N–H and O–H groups in total. The van der Waals surface area contributed by atoms with Crippen LogP contribution in [-0.4, -0.2) is 20.7 Å². The number of anilines is 1. The number of carbonyl (C=O) groups is 1. The molecule has 3 rings (SSSR count). The molecule has 1 amide bonds. The van der Waals surface area contributed by atoms with Gasteiger partial charge in [-0.1, -0.05) is 17.7 Å². The summed E-state index contributed by atoms with van der Waals surface area (Å²) in [6, 6.07) is 9.36. The van der Waals surface area contributed by atoms with E-state index in [1.807, 2.05) is 51.2 Å². The highest BCUT2D eigenvalue weighted by atomic mass is 16.1.